The highest BCUT2D eigenvalue weighted by Gasteiger charge is 2.27. The molecule has 0 saturated carbocycles. The number of hydrogen-bond donors (Lipinski definition) is 1. The van der Waals surface area contributed by atoms with Gasteiger partial charge in [-0.25, -0.2) is 4.57 Å². The van der Waals surface area contributed by atoms with Gasteiger partial charge in [-0.05, 0) is 32.1 Å². The van der Waals surface area contributed by atoms with Crippen molar-refractivity contribution >= 4 is 19.8 Å². The zero-order valence-corrected chi connectivity index (χ0v) is 36.9. The highest BCUT2D eigenvalue weighted by Crippen LogP contribution is 2.43. The van der Waals surface area contributed by atoms with Crippen LogP contribution in [0.5, 0.6) is 0 Å². The van der Waals surface area contributed by atoms with E-state index < -0.39 is 26.5 Å². The van der Waals surface area contributed by atoms with Crippen LogP contribution in [0.15, 0.2) is 12.2 Å². The molecule has 10 heteroatoms. The Kier molecular flexibility index (Phi) is 36.5. The molecule has 320 valence electrons. The third-order valence-corrected chi connectivity index (χ3v) is 10.8. The predicted octanol–water partition coefficient (Wildman–Crippen LogP) is 12.6. The van der Waals surface area contributed by atoms with Crippen molar-refractivity contribution in [3.63, 3.8) is 0 Å². The SMILES string of the molecule is CCCC/C=C\CCCCCCCCCCCC(=O)O[C@H](COC(=O)CCCCCCCCCCCCCCCCC)COP(=O)(O)OCC[N+](C)(C)C. The first-order valence-corrected chi connectivity index (χ1v) is 23.9. The lowest BCUT2D eigenvalue weighted by atomic mass is 10.0. The number of rotatable bonds is 41. The molecule has 0 aliphatic carbocycles. The highest BCUT2D eigenvalue weighted by atomic mass is 31.2. The van der Waals surface area contributed by atoms with E-state index in [-0.39, 0.29) is 25.6 Å². The number of phosphoric acid groups is 1. The number of carbonyl (C=O) groups is 2. The standard InChI is InChI=1S/C44H86NO8P/c1-6-8-10-12-14-16-18-20-22-24-26-28-30-32-34-36-43(46)50-40-42(41-52-54(48,49)51-39-38-45(3,4)5)53-44(47)37-35-33-31-29-27-25-23-21-19-17-15-13-11-9-7-2/h13,15,42H,6-12,14,16-41H2,1-5H3/p+1/b15-13-/t42-/m1/s1. The molecule has 0 spiro atoms. The average Bonchev–Trinajstić information content (AvgIpc) is 3.12. The van der Waals surface area contributed by atoms with Gasteiger partial charge in [0.25, 0.3) is 0 Å². The zero-order valence-electron chi connectivity index (χ0n) is 36.0. The van der Waals surface area contributed by atoms with Gasteiger partial charge in [-0.15, -0.1) is 0 Å². The summed E-state index contributed by atoms with van der Waals surface area (Å²) in [6.45, 7) is 4.42. The quantitative estimate of drug-likeness (QED) is 0.0214. The largest absolute Gasteiger partial charge is 0.472 e. The number of esters is 2. The number of unbranched alkanes of at least 4 members (excludes halogenated alkanes) is 25. The fraction of sp³-hybridized carbons (Fsp3) is 0.909. The molecule has 0 aliphatic rings. The summed E-state index contributed by atoms with van der Waals surface area (Å²) in [4.78, 5) is 35.4. The summed E-state index contributed by atoms with van der Waals surface area (Å²) in [6.07, 6.45) is 38.2. The lowest BCUT2D eigenvalue weighted by Gasteiger charge is -2.24. The topological polar surface area (TPSA) is 108 Å². The predicted molar refractivity (Wildman–Crippen MR) is 224 cm³/mol. The first-order chi connectivity index (χ1) is 26.0. The van der Waals surface area contributed by atoms with Gasteiger partial charge in [0.15, 0.2) is 6.10 Å². The summed E-state index contributed by atoms with van der Waals surface area (Å²) in [5, 5.41) is 0. The fourth-order valence-corrected chi connectivity index (χ4v) is 6.97. The molecule has 54 heavy (non-hydrogen) atoms. The Morgan fingerprint density at radius 1 is 0.556 bits per heavy atom. The first-order valence-electron chi connectivity index (χ1n) is 22.4. The van der Waals surface area contributed by atoms with E-state index in [0.717, 1.165) is 38.5 Å². The molecule has 0 rings (SSSR count). The van der Waals surface area contributed by atoms with Crippen LogP contribution in [0.4, 0.5) is 0 Å². The minimum absolute atomic E-state index is 0.0345. The van der Waals surface area contributed by atoms with Gasteiger partial charge in [0.2, 0.25) is 0 Å². The molecule has 0 heterocycles. The van der Waals surface area contributed by atoms with Crippen molar-refractivity contribution in [2.75, 3.05) is 47.5 Å². The van der Waals surface area contributed by atoms with Gasteiger partial charge in [-0.3, -0.25) is 18.6 Å². The van der Waals surface area contributed by atoms with Crippen molar-refractivity contribution in [2.45, 2.75) is 213 Å². The van der Waals surface area contributed by atoms with Crippen molar-refractivity contribution in [1.29, 1.82) is 0 Å². The Hall–Kier alpha value is -1.25. The van der Waals surface area contributed by atoms with E-state index in [1.165, 1.54) is 135 Å². The number of phosphoric ester groups is 1. The van der Waals surface area contributed by atoms with Gasteiger partial charge in [-0.2, -0.15) is 0 Å². The smallest absolute Gasteiger partial charge is 0.462 e. The van der Waals surface area contributed by atoms with Crippen LogP contribution < -0.4 is 0 Å². The van der Waals surface area contributed by atoms with E-state index in [2.05, 4.69) is 26.0 Å². The van der Waals surface area contributed by atoms with Crippen molar-refractivity contribution in [1.82, 2.24) is 0 Å². The molecule has 1 N–H and O–H groups in total. The van der Waals surface area contributed by atoms with E-state index in [1.54, 1.807) is 0 Å². The number of nitrogens with zero attached hydrogens (tertiary/aromatic N) is 1. The molecule has 1 unspecified atom stereocenters. The van der Waals surface area contributed by atoms with Gasteiger partial charge >= 0.3 is 19.8 Å². The van der Waals surface area contributed by atoms with E-state index >= 15 is 0 Å². The maximum Gasteiger partial charge on any atom is 0.472 e. The van der Waals surface area contributed by atoms with Crippen molar-refractivity contribution < 1.29 is 42.1 Å². The summed E-state index contributed by atoms with van der Waals surface area (Å²) in [5.41, 5.74) is 0. The van der Waals surface area contributed by atoms with Crippen molar-refractivity contribution in [3.8, 4) is 0 Å². The molecule has 0 aromatic rings. The monoisotopic (exact) mass is 789 g/mol. The average molecular weight is 789 g/mol. The van der Waals surface area contributed by atoms with Crippen LogP contribution in [0.2, 0.25) is 0 Å². The maximum atomic E-state index is 12.7. The van der Waals surface area contributed by atoms with E-state index in [0.29, 0.717) is 23.9 Å². The molecule has 0 radical (unpaired) electrons. The second-order valence-corrected chi connectivity index (χ2v) is 17.9. The Morgan fingerprint density at radius 2 is 0.963 bits per heavy atom. The number of carbonyl (C=O) groups excluding carboxylic acids is 2. The summed E-state index contributed by atoms with van der Waals surface area (Å²) in [5.74, 6) is -0.791. The summed E-state index contributed by atoms with van der Waals surface area (Å²) in [6, 6.07) is 0. The number of allylic oxidation sites excluding steroid dienone is 2. The molecule has 2 atom stereocenters. The van der Waals surface area contributed by atoms with E-state index in [4.69, 9.17) is 18.5 Å². The minimum Gasteiger partial charge on any atom is -0.462 e. The summed E-state index contributed by atoms with van der Waals surface area (Å²) >= 11 is 0. The Morgan fingerprint density at radius 3 is 1.43 bits per heavy atom. The number of hydrogen-bond acceptors (Lipinski definition) is 7. The molecule has 0 aromatic heterocycles. The second-order valence-electron chi connectivity index (χ2n) is 16.4. The minimum atomic E-state index is -4.37. The van der Waals surface area contributed by atoms with Gasteiger partial charge in [0.05, 0.1) is 27.7 Å². The second kappa shape index (κ2) is 37.3. The van der Waals surface area contributed by atoms with Crippen LogP contribution in [0.25, 0.3) is 0 Å². The lowest BCUT2D eigenvalue weighted by Crippen LogP contribution is -2.37. The van der Waals surface area contributed by atoms with Crippen molar-refractivity contribution in [3.05, 3.63) is 12.2 Å². The molecule has 0 bridgehead atoms. The molecule has 0 saturated heterocycles. The van der Waals surface area contributed by atoms with Gasteiger partial charge in [-0.1, -0.05) is 174 Å². The Labute approximate surface area is 333 Å². The first kappa shape index (κ1) is 52.8. The molecular weight excluding hydrogens is 701 g/mol. The van der Waals surface area contributed by atoms with Crippen LogP contribution >= 0.6 is 7.82 Å². The van der Waals surface area contributed by atoms with Gasteiger partial charge < -0.3 is 18.9 Å². The van der Waals surface area contributed by atoms with Gasteiger partial charge in [0.1, 0.15) is 19.8 Å². The molecule has 0 fully saturated rings. The maximum absolute atomic E-state index is 12.7. The van der Waals surface area contributed by atoms with E-state index in [9.17, 15) is 19.0 Å². The molecule has 0 amide bonds. The Bertz CT molecular complexity index is 938. The molecule has 9 nitrogen and oxygen atoms in total. The van der Waals surface area contributed by atoms with Crippen LogP contribution in [0.3, 0.4) is 0 Å². The van der Waals surface area contributed by atoms with E-state index in [1.807, 2.05) is 21.1 Å². The summed E-state index contributed by atoms with van der Waals surface area (Å²) < 4.78 is 34.3. The van der Waals surface area contributed by atoms with Crippen molar-refractivity contribution in [2.24, 2.45) is 0 Å². The van der Waals surface area contributed by atoms with Gasteiger partial charge in [0, 0.05) is 12.8 Å². The third kappa shape index (κ3) is 40.4. The number of ether oxygens (including phenoxy) is 2. The zero-order chi connectivity index (χ0) is 40.0. The number of quaternary nitrogens is 1. The third-order valence-electron chi connectivity index (χ3n) is 9.80. The molecular formula is C44H87NO8P+. The molecule has 0 aliphatic heterocycles. The lowest BCUT2D eigenvalue weighted by molar-refractivity contribution is -0.870. The highest BCUT2D eigenvalue weighted by molar-refractivity contribution is 7.47. The van der Waals surface area contributed by atoms with Crippen LogP contribution in [0, 0.1) is 0 Å². The van der Waals surface area contributed by atoms with Crippen LogP contribution in [-0.2, 0) is 32.7 Å². The number of likely N-dealkylation sites (N-methyl/N-ethyl adjacent to an activating group) is 1. The van der Waals surface area contributed by atoms with Crippen LogP contribution in [-0.4, -0.2) is 74.9 Å². The summed E-state index contributed by atoms with van der Waals surface area (Å²) in [7, 11) is 1.49. The normalized spacial score (nSPS) is 13.7. The Balaban J connectivity index is 4.32. The van der Waals surface area contributed by atoms with Crippen LogP contribution in [0.1, 0.15) is 206 Å². The molecule has 0 aromatic carbocycles. The fourth-order valence-electron chi connectivity index (χ4n) is 6.23.